The van der Waals surface area contributed by atoms with Crippen molar-refractivity contribution >= 4 is 5.91 Å². The van der Waals surface area contributed by atoms with Crippen molar-refractivity contribution in [2.75, 3.05) is 32.7 Å². The van der Waals surface area contributed by atoms with Gasteiger partial charge in [-0.2, -0.15) is 0 Å². The van der Waals surface area contributed by atoms with Gasteiger partial charge in [0.1, 0.15) is 0 Å². The van der Waals surface area contributed by atoms with Gasteiger partial charge in [0.25, 0.3) is 0 Å². The Balaban J connectivity index is 1.69. The second-order valence-corrected chi connectivity index (χ2v) is 6.34. The number of hydrogen-bond acceptors (Lipinski definition) is 2. The van der Waals surface area contributed by atoms with Crippen molar-refractivity contribution in [1.29, 1.82) is 0 Å². The van der Waals surface area contributed by atoms with Crippen LogP contribution in [0.25, 0.3) is 0 Å². The number of nitrogens with zero attached hydrogens (tertiary/aromatic N) is 2. The van der Waals surface area contributed by atoms with Crippen LogP contribution in [0.4, 0.5) is 0 Å². The molecular formula is C17H28N2O. The Morgan fingerprint density at radius 1 is 1.15 bits per heavy atom. The van der Waals surface area contributed by atoms with Crippen LogP contribution >= 0.6 is 0 Å². The van der Waals surface area contributed by atoms with E-state index in [0.717, 1.165) is 58.4 Å². The molecule has 1 spiro atoms. The molecule has 0 bridgehead atoms. The number of unbranched alkanes of at least 4 members (excludes halogenated alkanes) is 1. The third-order valence-corrected chi connectivity index (χ3v) is 4.67. The maximum atomic E-state index is 11.9. The van der Waals surface area contributed by atoms with Crippen LogP contribution in [0.5, 0.6) is 0 Å². The van der Waals surface area contributed by atoms with Gasteiger partial charge in [-0.05, 0) is 32.4 Å². The number of piperidine rings is 1. The van der Waals surface area contributed by atoms with E-state index in [1.807, 2.05) is 0 Å². The van der Waals surface area contributed by atoms with Gasteiger partial charge in [-0.1, -0.05) is 26.2 Å². The van der Waals surface area contributed by atoms with E-state index in [0.29, 0.717) is 11.3 Å². The van der Waals surface area contributed by atoms with Gasteiger partial charge in [-0.3, -0.25) is 9.69 Å². The van der Waals surface area contributed by atoms with E-state index >= 15 is 0 Å². The average Bonchev–Trinajstić information content (AvgIpc) is 2.43. The van der Waals surface area contributed by atoms with Crippen molar-refractivity contribution in [3.8, 4) is 11.8 Å². The molecule has 1 amide bonds. The van der Waals surface area contributed by atoms with Crippen LogP contribution in [0.15, 0.2) is 0 Å². The Morgan fingerprint density at radius 2 is 1.85 bits per heavy atom. The quantitative estimate of drug-likeness (QED) is 0.737. The third-order valence-electron chi connectivity index (χ3n) is 4.67. The lowest BCUT2D eigenvalue weighted by molar-refractivity contribution is -0.146. The van der Waals surface area contributed by atoms with Crippen LogP contribution in [0.2, 0.25) is 0 Å². The smallest absolute Gasteiger partial charge is 0.222 e. The van der Waals surface area contributed by atoms with Crippen molar-refractivity contribution in [3.05, 3.63) is 0 Å². The molecule has 2 fully saturated rings. The minimum atomic E-state index is 0.369. The molecule has 3 nitrogen and oxygen atoms in total. The largest absolute Gasteiger partial charge is 0.341 e. The van der Waals surface area contributed by atoms with Crippen LogP contribution in [0.3, 0.4) is 0 Å². The fourth-order valence-corrected chi connectivity index (χ4v) is 3.22. The Kier molecular flexibility index (Phi) is 5.48. The van der Waals surface area contributed by atoms with Crippen molar-refractivity contribution in [1.82, 2.24) is 9.80 Å². The summed E-state index contributed by atoms with van der Waals surface area (Å²) < 4.78 is 0. The maximum Gasteiger partial charge on any atom is 0.222 e. The van der Waals surface area contributed by atoms with Gasteiger partial charge in [-0.15, -0.1) is 5.92 Å². The summed E-state index contributed by atoms with van der Waals surface area (Å²) in [5.74, 6) is 6.74. The van der Waals surface area contributed by atoms with E-state index in [-0.39, 0.29) is 0 Å². The normalized spacial score (nSPS) is 21.2. The molecule has 20 heavy (non-hydrogen) atoms. The summed E-state index contributed by atoms with van der Waals surface area (Å²) in [5.41, 5.74) is 0.441. The Hall–Kier alpha value is -1.01. The van der Waals surface area contributed by atoms with E-state index in [1.165, 1.54) is 12.8 Å². The van der Waals surface area contributed by atoms with Gasteiger partial charge in [0, 0.05) is 31.3 Å². The molecule has 0 N–H and O–H groups in total. The number of hydrogen-bond donors (Lipinski definition) is 0. The highest BCUT2D eigenvalue weighted by atomic mass is 16.2. The first-order chi connectivity index (χ1) is 9.69. The summed E-state index contributed by atoms with van der Waals surface area (Å²) in [5, 5.41) is 0. The molecule has 0 aromatic carbocycles. The van der Waals surface area contributed by atoms with Crippen LogP contribution in [0.1, 0.15) is 52.4 Å². The summed E-state index contributed by atoms with van der Waals surface area (Å²) in [6, 6.07) is 0. The molecule has 2 aliphatic heterocycles. The molecule has 2 aliphatic rings. The Labute approximate surface area is 123 Å². The zero-order chi connectivity index (χ0) is 14.4. The molecule has 0 saturated carbocycles. The molecular weight excluding hydrogens is 248 g/mol. The van der Waals surface area contributed by atoms with Gasteiger partial charge in [0.15, 0.2) is 0 Å². The van der Waals surface area contributed by atoms with Gasteiger partial charge >= 0.3 is 0 Å². The average molecular weight is 276 g/mol. The van der Waals surface area contributed by atoms with E-state index in [4.69, 9.17) is 0 Å². The first-order valence-electron chi connectivity index (χ1n) is 8.15. The number of carbonyl (C=O) groups excluding carboxylic acids is 1. The minimum absolute atomic E-state index is 0.369. The fourth-order valence-electron chi connectivity index (χ4n) is 3.22. The molecule has 2 saturated heterocycles. The molecule has 0 radical (unpaired) electrons. The maximum absolute atomic E-state index is 11.9. The van der Waals surface area contributed by atoms with Crippen molar-refractivity contribution < 1.29 is 4.79 Å². The monoisotopic (exact) mass is 276 g/mol. The van der Waals surface area contributed by atoms with Gasteiger partial charge < -0.3 is 4.90 Å². The summed E-state index contributed by atoms with van der Waals surface area (Å²) in [6.07, 6.45) is 6.30. The van der Waals surface area contributed by atoms with Gasteiger partial charge in [0.2, 0.25) is 5.91 Å². The Bertz CT molecular complexity index is 378. The number of amides is 1. The predicted octanol–water partition coefficient (Wildman–Crippen LogP) is 2.51. The first-order valence-corrected chi connectivity index (χ1v) is 8.15. The summed E-state index contributed by atoms with van der Waals surface area (Å²) in [4.78, 5) is 16.5. The minimum Gasteiger partial charge on any atom is -0.341 e. The van der Waals surface area contributed by atoms with Gasteiger partial charge in [-0.25, -0.2) is 0 Å². The zero-order valence-electron chi connectivity index (χ0n) is 13.1. The second-order valence-electron chi connectivity index (χ2n) is 6.34. The SMILES string of the molecule is CCC#CCN1CCC2(CC1)CN(C(=O)CCCC)C2. The summed E-state index contributed by atoms with van der Waals surface area (Å²) >= 11 is 0. The summed E-state index contributed by atoms with van der Waals surface area (Å²) in [7, 11) is 0. The molecule has 2 heterocycles. The fraction of sp³-hybridized carbons (Fsp3) is 0.824. The van der Waals surface area contributed by atoms with E-state index < -0.39 is 0 Å². The number of likely N-dealkylation sites (tertiary alicyclic amines) is 2. The number of rotatable bonds is 4. The van der Waals surface area contributed by atoms with Crippen LogP contribution in [0, 0.1) is 17.3 Å². The first kappa shape index (κ1) is 15.4. The van der Waals surface area contributed by atoms with E-state index in [9.17, 15) is 4.79 Å². The molecule has 0 aromatic heterocycles. The molecule has 3 heteroatoms. The lowest BCUT2D eigenvalue weighted by Gasteiger charge is -2.54. The van der Waals surface area contributed by atoms with Gasteiger partial charge in [0.05, 0.1) is 6.54 Å². The molecule has 2 rings (SSSR count). The highest BCUT2D eigenvalue weighted by molar-refractivity contribution is 5.77. The zero-order valence-corrected chi connectivity index (χ0v) is 13.1. The molecule has 0 aliphatic carbocycles. The van der Waals surface area contributed by atoms with E-state index in [1.54, 1.807) is 0 Å². The summed E-state index contributed by atoms with van der Waals surface area (Å²) in [6.45, 7) is 9.46. The van der Waals surface area contributed by atoms with Crippen LogP contribution < -0.4 is 0 Å². The molecule has 0 atom stereocenters. The molecule has 0 aromatic rings. The third kappa shape index (κ3) is 3.76. The Morgan fingerprint density at radius 3 is 2.45 bits per heavy atom. The molecule has 0 unspecified atom stereocenters. The number of carbonyl (C=O) groups is 1. The lowest BCUT2D eigenvalue weighted by Crippen LogP contribution is -2.61. The van der Waals surface area contributed by atoms with Crippen molar-refractivity contribution in [2.24, 2.45) is 5.41 Å². The van der Waals surface area contributed by atoms with Crippen LogP contribution in [-0.4, -0.2) is 48.4 Å². The predicted molar refractivity (Wildman–Crippen MR) is 82.3 cm³/mol. The topological polar surface area (TPSA) is 23.6 Å². The highest BCUT2D eigenvalue weighted by Crippen LogP contribution is 2.40. The van der Waals surface area contributed by atoms with E-state index in [2.05, 4.69) is 35.5 Å². The van der Waals surface area contributed by atoms with Crippen LogP contribution in [-0.2, 0) is 4.79 Å². The highest BCUT2D eigenvalue weighted by Gasteiger charge is 2.46. The standard InChI is InChI=1S/C17H28N2O/c1-3-5-7-11-18-12-9-17(10-13-18)14-19(15-17)16(20)8-6-4-2/h3-4,6,8-15H2,1-2H3. The second kappa shape index (κ2) is 7.13. The lowest BCUT2D eigenvalue weighted by atomic mass is 9.72. The molecule has 112 valence electrons. The van der Waals surface area contributed by atoms with Crippen molar-refractivity contribution in [2.45, 2.75) is 52.4 Å². The van der Waals surface area contributed by atoms with Crippen molar-refractivity contribution in [3.63, 3.8) is 0 Å².